The number of fused-ring (bicyclic) bond motifs is 1. The highest BCUT2D eigenvalue weighted by Gasteiger charge is 2.48. The van der Waals surface area contributed by atoms with E-state index in [1.54, 1.807) is 10.6 Å². The van der Waals surface area contributed by atoms with E-state index in [0.717, 1.165) is 18.2 Å². The Morgan fingerprint density at radius 3 is 2.95 bits per heavy atom. The number of nitrogens with zero attached hydrogens (tertiary/aromatic N) is 2. The number of thioether (sulfide) groups is 1. The summed E-state index contributed by atoms with van der Waals surface area (Å²) in [6.07, 6.45) is 0.923. The third-order valence-corrected chi connectivity index (χ3v) is 5.41. The molecule has 0 radical (unpaired) electrons. The van der Waals surface area contributed by atoms with Crippen LogP contribution in [-0.4, -0.2) is 26.4 Å². The molecule has 106 valence electrons. The number of rotatable bonds is 4. The topological polar surface area (TPSA) is 72.2 Å². The van der Waals surface area contributed by atoms with Gasteiger partial charge in [-0.1, -0.05) is 25.6 Å². The van der Waals surface area contributed by atoms with Crippen LogP contribution in [0.5, 0.6) is 0 Å². The predicted octanol–water partition coefficient (Wildman–Crippen LogP) is 2.61. The lowest BCUT2D eigenvalue weighted by Gasteiger charge is -2.12. The molecule has 2 aromatic rings. The SMILES string of the molecule is CC1(C)CC1n1c(SCC(=O)O)nc2ccsc2c1=O. The molecule has 0 spiro atoms. The summed E-state index contributed by atoms with van der Waals surface area (Å²) < 4.78 is 2.33. The minimum Gasteiger partial charge on any atom is -0.481 e. The van der Waals surface area contributed by atoms with E-state index in [1.807, 2.05) is 5.38 Å². The maximum atomic E-state index is 12.6. The van der Waals surface area contributed by atoms with Crippen LogP contribution < -0.4 is 5.56 Å². The van der Waals surface area contributed by atoms with E-state index in [0.29, 0.717) is 15.4 Å². The summed E-state index contributed by atoms with van der Waals surface area (Å²) in [5.41, 5.74) is 0.686. The predicted molar refractivity (Wildman–Crippen MR) is 79.7 cm³/mol. The molecule has 0 aromatic carbocycles. The fourth-order valence-electron chi connectivity index (χ4n) is 2.29. The highest BCUT2D eigenvalue weighted by Crippen LogP contribution is 2.55. The number of hydrogen-bond acceptors (Lipinski definition) is 5. The number of aliphatic carboxylic acids is 1. The van der Waals surface area contributed by atoms with Crippen LogP contribution in [0.4, 0.5) is 0 Å². The largest absolute Gasteiger partial charge is 0.481 e. The Hall–Kier alpha value is -1.34. The van der Waals surface area contributed by atoms with Gasteiger partial charge >= 0.3 is 5.97 Å². The number of carboxylic acids is 1. The van der Waals surface area contributed by atoms with Gasteiger partial charge in [0.2, 0.25) is 0 Å². The van der Waals surface area contributed by atoms with Crippen molar-refractivity contribution in [2.45, 2.75) is 31.5 Å². The number of carboxylic acid groups (broad SMARTS) is 1. The molecule has 20 heavy (non-hydrogen) atoms. The van der Waals surface area contributed by atoms with Crippen LogP contribution in [-0.2, 0) is 4.79 Å². The smallest absolute Gasteiger partial charge is 0.313 e. The van der Waals surface area contributed by atoms with Gasteiger partial charge in [-0.3, -0.25) is 14.2 Å². The first-order valence-corrected chi connectivity index (χ1v) is 8.11. The van der Waals surface area contributed by atoms with Crippen LogP contribution in [0.3, 0.4) is 0 Å². The van der Waals surface area contributed by atoms with Gasteiger partial charge < -0.3 is 5.11 Å². The van der Waals surface area contributed by atoms with Crippen LogP contribution >= 0.6 is 23.1 Å². The van der Waals surface area contributed by atoms with Gasteiger partial charge in [-0.05, 0) is 23.3 Å². The molecule has 1 aliphatic rings. The molecule has 0 saturated heterocycles. The molecule has 7 heteroatoms. The maximum Gasteiger partial charge on any atom is 0.313 e. The van der Waals surface area contributed by atoms with Crippen LogP contribution in [0.1, 0.15) is 26.3 Å². The molecule has 0 aliphatic heterocycles. The van der Waals surface area contributed by atoms with Crippen molar-refractivity contribution < 1.29 is 9.90 Å². The van der Waals surface area contributed by atoms with Crippen molar-refractivity contribution in [1.29, 1.82) is 0 Å². The zero-order valence-electron chi connectivity index (χ0n) is 11.1. The van der Waals surface area contributed by atoms with Gasteiger partial charge in [-0.2, -0.15) is 0 Å². The molecule has 0 amide bonds. The zero-order chi connectivity index (χ0) is 14.5. The van der Waals surface area contributed by atoms with Crippen LogP contribution in [0.2, 0.25) is 0 Å². The van der Waals surface area contributed by atoms with Gasteiger partial charge in [-0.15, -0.1) is 11.3 Å². The van der Waals surface area contributed by atoms with Crippen molar-refractivity contribution in [1.82, 2.24) is 9.55 Å². The Morgan fingerprint density at radius 2 is 2.35 bits per heavy atom. The molecule has 1 saturated carbocycles. The Labute approximate surface area is 123 Å². The van der Waals surface area contributed by atoms with E-state index in [9.17, 15) is 9.59 Å². The quantitative estimate of drug-likeness (QED) is 0.694. The second-order valence-corrected chi connectivity index (χ2v) is 7.45. The fraction of sp³-hybridized carbons (Fsp3) is 0.462. The average molecular weight is 310 g/mol. The lowest BCUT2D eigenvalue weighted by Crippen LogP contribution is -2.23. The normalized spacial score (nSPS) is 20.2. The van der Waals surface area contributed by atoms with E-state index in [1.165, 1.54) is 11.3 Å². The molecular formula is C13H14N2O3S2. The van der Waals surface area contributed by atoms with Gasteiger partial charge in [0.1, 0.15) is 4.70 Å². The molecule has 1 atom stereocenters. The van der Waals surface area contributed by atoms with Crippen molar-refractivity contribution in [2.24, 2.45) is 5.41 Å². The van der Waals surface area contributed by atoms with Gasteiger partial charge in [0, 0.05) is 6.04 Å². The first kappa shape index (κ1) is 13.6. The average Bonchev–Trinajstić information content (AvgIpc) is 2.79. The van der Waals surface area contributed by atoms with E-state index in [4.69, 9.17) is 5.11 Å². The molecule has 2 heterocycles. The Balaban J connectivity index is 2.12. The summed E-state index contributed by atoms with van der Waals surface area (Å²) in [4.78, 5) is 27.8. The molecule has 1 N–H and O–H groups in total. The van der Waals surface area contributed by atoms with E-state index < -0.39 is 5.97 Å². The van der Waals surface area contributed by atoms with E-state index in [-0.39, 0.29) is 22.8 Å². The third kappa shape index (κ3) is 2.25. The standard InChI is InChI=1S/C13H14N2O3S2/c1-13(2)5-8(13)15-11(18)10-7(3-4-19-10)14-12(15)20-6-9(16)17/h3-4,8H,5-6H2,1-2H3,(H,16,17). The number of hydrogen-bond donors (Lipinski definition) is 1. The molecule has 1 unspecified atom stereocenters. The molecule has 5 nitrogen and oxygen atoms in total. The first-order valence-electron chi connectivity index (χ1n) is 6.24. The monoisotopic (exact) mass is 310 g/mol. The fourth-order valence-corrected chi connectivity index (χ4v) is 3.82. The minimum atomic E-state index is -0.906. The summed E-state index contributed by atoms with van der Waals surface area (Å²) in [5, 5.41) is 11.2. The molecule has 3 rings (SSSR count). The minimum absolute atomic E-state index is 0.0477. The molecule has 0 bridgehead atoms. The molecule has 1 aliphatic carbocycles. The van der Waals surface area contributed by atoms with Crippen LogP contribution in [0.25, 0.3) is 10.2 Å². The Morgan fingerprint density at radius 1 is 1.65 bits per heavy atom. The van der Waals surface area contributed by atoms with Crippen LogP contribution in [0.15, 0.2) is 21.4 Å². The Bertz CT molecular complexity index is 748. The summed E-state index contributed by atoms with van der Waals surface area (Å²) in [6, 6.07) is 1.92. The second kappa shape index (κ2) is 4.60. The zero-order valence-corrected chi connectivity index (χ0v) is 12.8. The van der Waals surface area contributed by atoms with Crippen molar-refractivity contribution in [2.75, 3.05) is 5.75 Å². The first-order chi connectivity index (χ1) is 9.40. The van der Waals surface area contributed by atoms with Gasteiger partial charge in [0.25, 0.3) is 5.56 Å². The third-order valence-electron chi connectivity index (χ3n) is 3.58. The van der Waals surface area contributed by atoms with Gasteiger partial charge in [0.05, 0.1) is 11.3 Å². The highest BCUT2D eigenvalue weighted by molar-refractivity contribution is 7.99. The Kier molecular flexibility index (Phi) is 3.13. The number of aromatic nitrogens is 2. The number of thiophene rings is 1. The van der Waals surface area contributed by atoms with Gasteiger partial charge in [0.15, 0.2) is 5.16 Å². The molecule has 1 fully saturated rings. The second-order valence-electron chi connectivity index (χ2n) is 5.60. The van der Waals surface area contributed by atoms with E-state index >= 15 is 0 Å². The summed E-state index contributed by atoms with van der Waals surface area (Å²) in [5.74, 6) is -0.994. The van der Waals surface area contributed by atoms with Crippen molar-refractivity contribution in [3.63, 3.8) is 0 Å². The van der Waals surface area contributed by atoms with Crippen molar-refractivity contribution in [3.8, 4) is 0 Å². The molecule has 2 aromatic heterocycles. The lowest BCUT2D eigenvalue weighted by molar-refractivity contribution is -0.133. The maximum absolute atomic E-state index is 12.6. The van der Waals surface area contributed by atoms with Crippen molar-refractivity contribution >= 4 is 39.3 Å². The van der Waals surface area contributed by atoms with Gasteiger partial charge in [-0.25, -0.2) is 4.98 Å². The summed E-state index contributed by atoms with van der Waals surface area (Å²) in [7, 11) is 0. The highest BCUT2D eigenvalue weighted by atomic mass is 32.2. The number of carbonyl (C=O) groups is 1. The van der Waals surface area contributed by atoms with Crippen molar-refractivity contribution in [3.05, 3.63) is 21.8 Å². The lowest BCUT2D eigenvalue weighted by atomic mass is 10.2. The van der Waals surface area contributed by atoms with Crippen LogP contribution in [0, 0.1) is 5.41 Å². The van der Waals surface area contributed by atoms with E-state index in [2.05, 4.69) is 18.8 Å². The summed E-state index contributed by atoms with van der Waals surface area (Å²) >= 11 is 2.50. The summed E-state index contributed by atoms with van der Waals surface area (Å²) in [6.45, 7) is 4.21. The molecular weight excluding hydrogens is 296 g/mol.